The number of carbonyl (C=O) groups excluding carboxylic acids is 2. The number of Topliss-reactive ketones (excluding diaryl/α,β-unsaturated/α-hetero) is 1. The van der Waals surface area contributed by atoms with E-state index in [-0.39, 0.29) is 23.1 Å². The van der Waals surface area contributed by atoms with E-state index in [1.165, 1.54) is 16.7 Å². The molecular weight excluding hydrogens is 340 g/mol. The summed E-state index contributed by atoms with van der Waals surface area (Å²) in [5, 5.41) is 14.3. The van der Waals surface area contributed by atoms with Crippen LogP contribution in [0.1, 0.15) is 25.6 Å². The number of carbonyl (C=O) groups is 2. The zero-order valence-electron chi connectivity index (χ0n) is 14.4. The van der Waals surface area contributed by atoms with Crippen LogP contribution in [0.2, 0.25) is 0 Å². The predicted octanol–water partition coefficient (Wildman–Crippen LogP) is 0.848. The number of aryl methyl sites for hydroxylation is 1. The number of aromatic nitrogens is 2. The van der Waals surface area contributed by atoms with E-state index in [9.17, 15) is 24.5 Å². The van der Waals surface area contributed by atoms with Crippen LogP contribution in [0.25, 0.3) is 10.9 Å². The van der Waals surface area contributed by atoms with Crippen LogP contribution in [0, 0.1) is 17.0 Å². The van der Waals surface area contributed by atoms with Crippen molar-refractivity contribution in [2.45, 2.75) is 38.3 Å². The highest BCUT2D eigenvalue weighted by Gasteiger charge is 2.37. The maximum atomic E-state index is 13.1. The summed E-state index contributed by atoms with van der Waals surface area (Å²) in [6.45, 7) is 3.78. The molecule has 2 heterocycles. The van der Waals surface area contributed by atoms with Gasteiger partial charge in [-0.3, -0.25) is 29.1 Å². The van der Waals surface area contributed by atoms with Gasteiger partial charge in [-0.15, -0.1) is 0 Å². The van der Waals surface area contributed by atoms with E-state index >= 15 is 0 Å². The van der Waals surface area contributed by atoms with Gasteiger partial charge in [0.05, 0.1) is 22.0 Å². The van der Waals surface area contributed by atoms with Gasteiger partial charge in [-0.25, -0.2) is 4.98 Å². The first-order valence-corrected chi connectivity index (χ1v) is 8.18. The molecule has 1 N–H and O–H groups in total. The number of nitro benzene ring substituents is 1. The summed E-state index contributed by atoms with van der Waals surface area (Å²) < 4.78 is 1.46. The summed E-state index contributed by atoms with van der Waals surface area (Å²) in [5.74, 6) is -0.0872. The molecule has 2 unspecified atom stereocenters. The molecule has 1 aromatic heterocycles. The summed E-state index contributed by atoms with van der Waals surface area (Å²) in [6.07, 6.45) is 1.13. The van der Waals surface area contributed by atoms with Gasteiger partial charge in [-0.2, -0.15) is 0 Å². The van der Waals surface area contributed by atoms with Crippen LogP contribution >= 0.6 is 0 Å². The fourth-order valence-corrected chi connectivity index (χ4v) is 3.62. The summed E-state index contributed by atoms with van der Waals surface area (Å²) >= 11 is 0. The van der Waals surface area contributed by atoms with Gasteiger partial charge in [-0.05, 0) is 32.8 Å². The second-order valence-corrected chi connectivity index (χ2v) is 6.72. The van der Waals surface area contributed by atoms with Crippen molar-refractivity contribution in [3.05, 3.63) is 44.5 Å². The lowest BCUT2D eigenvalue weighted by Crippen LogP contribution is -2.55. The minimum absolute atomic E-state index is 0.0320. The number of benzene rings is 1. The number of fused-ring (bicyclic) bond motifs is 1. The molecule has 9 nitrogen and oxygen atoms in total. The topological polar surface area (TPSA) is 124 Å². The van der Waals surface area contributed by atoms with Crippen LogP contribution in [-0.2, 0) is 15.1 Å². The standard InChI is InChI=1S/C17H18N4O5/c1-10-19-12-4-3-5-13(21(25)26)15(12)16(24)20(10)17(2)7-6-11(18-9-17)14(23)8-22/h3-5,8,11,18H,6-7,9H2,1-2H3. The third-order valence-corrected chi connectivity index (χ3v) is 4.94. The minimum atomic E-state index is -0.717. The first-order valence-electron chi connectivity index (χ1n) is 8.18. The lowest BCUT2D eigenvalue weighted by atomic mass is 9.87. The Morgan fingerprint density at radius 2 is 2.23 bits per heavy atom. The Kier molecular flexibility index (Phi) is 4.41. The number of aldehydes is 1. The number of nitrogens with one attached hydrogen (secondary N) is 1. The molecule has 9 heteroatoms. The molecule has 136 valence electrons. The Morgan fingerprint density at radius 1 is 1.50 bits per heavy atom. The van der Waals surface area contributed by atoms with E-state index in [2.05, 4.69) is 10.3 Å². The molecule has 1 aromatic carbocycles. The Labute approximate surface area is 148 Å². The second kappa shape index (κ2) is 6.41. The Hall–Kier alpha value is -2.94. The number of hydrogen-bond donors (Lipinski definition) is 1. The number of rotatable bonds is 4. The monoisotopic (exact) mass is 358 g/mol. The van der Waals surface area contributed by atoms with Gasteiger partial charge in [-0.1, -0.05) is 6.07 Å². The van der Waals surface area contributed by atoms with Crippen LogP contribution in [0.15, 0.2) is 23.0 Å². The number of hydrogen-bond acceptors (Lipinski definition) is 7. The molecule has 0 bridgehead atoms. The molecule has 0 aliphatic carbocycles. The van der Waals surface area contributed by atoms with Crippen molar-refractivity contribution in [3.8, 4) is 0 Å². The third-order valence-electron chi connectivity index (χ3n) is 4.94. The molecule has 0 saturated carbocycles. The molecule has 26 heavy (non-hydrogen) atoms. The maximum absolute atomic E-state index is 13.1. The lowest BCUT2D eigenvalue weighted by molar-refractivity contribution is -0.383. The normalized spacial score (nSPS) is 22.9. The number of non-ortho nitro benzene ring substituents is 1. The van der Waals surface area contributed by atoms with Gasteiger partial charge in [0, 0.05) is 12.6 Å². The van der Waals surface area contributed by atoms with E-state index in [0.29, 0.717) is 25.0 Å². The van der Waals surface area contributed by atoms with Crippen LogP contribution in [0.5, 0.6) is 0 Å². The van der Waals surface area contributed by atoms with Gasteiger partial charge in [0.15, 0.2) is 6.29 Å². The summed E-state index contributed by atoms with van der Waals surface area (Å²) in [4.78, 5) is 50.5. The van der Waals surface area contributed by atoms with Crippen molar-refractivity contribution < 1.29 is 14.5 Å². The van der Waals surface area contributed by atoms with Gasteiger partial charge in [0.2, 0.25) is 5.78 Å². The van der Waals surface area contributed by atoms with E-state index in [4.69, 9.17) is 0 Å². The van der Waals surface area contributed by atoms with Crippen molar-refractivity contribution in [3.63, 3.8) is 0 Å². The zero-order chi connectivity index (χ0) is 19.1. The average molecular weight is 358 g/mol. The SMILES string of the molecule is Cc1nc2cccc([N+](=O)[O-])c2c(=O)n1C1(C)CCC(C(=O)C=O)NC1. The molecule has 0 radical (unpaired) electrons. The first kappa shape index (κ1) is 17.9. The van der Waals surface area contributed by atoms with Crippen LogP contribution in [0.4, 0.5) is 5.69 Å². The van der Waals surface area contributed by atoms with Gasteiger partial charge in [0.1, 0.15) is 11.2 Å². The highest BCUT2D eigenvalue weighted by atomic mass is 16.6. The summed E-state index contributed by atoms with van der Waals surface area (Å²) in [6, 6.07) is 3.78. The Morgan fingerprint density at radius 3 is 2.81 bits per heavy atom. The highest BCUT2D eigenvalue weighted by Crippen LogP contribution is 2.29. The summed E-state index contributed by atoms with van der Waals surface area (Å²) in [7, 11) is 0. The van der Waals surface area contributed by atoms with Crippen molar-refractivity contribution in [1.29, 1.82) is 0 Å². The maximum Gasteiger partial charge on any atom is 0.284 e. The Bertz CT molecular complexity index is 973. The zero-order valence-corrected chi connectivity index (χ0v) is 14.4. The molecule has 1 saturated heterocycles. The number of nitro groups is 1. The van der Waals surface area contributed by atoms with E-state index in [0.717, 1.165) is 0 Å². The molecule has 1 aliphatic rings. The molecule has 0 amide bonds. The average Bonchev–Trinajstić information content (AvgIpc) is 2.60. The first-order chi connectivity index (χ1) is 12.3. The molecule has 1 aliphatic heterocycles. The summed E-state index contributed by atoms with van der Waals surface area (Å²) in [5.41, 5.74) is -1.20. The van der Waals surface area contributed by atoms with Gasteiger partial charge < -0.3 is 5.32 Å². The van der Waals surface area contributed by atoms with Crippen molar-refractivity contribution in [2.24, 2.45) is 0 Å². The number of piperidine rings is 1. The highest BCUT2D eigenvalue weighted by molar-refractivity contribution is 6.27. The smallest absolute Gasteiger partial charge is 0.284 e. The van der Waals surface area contributed by atoms with Crippen molar-refractivity contribution in [2.75, 3.05) is 6.54 Å². The van der Waals surface area contributed by atoms with E-state index in [1.54, 1.807) is 13.0 Å². The predicted molar refractivity (Wildman–Crippen MR) is 93.1 cm³/mol. The van der Waals surface area contributed by atoms with E-state index < -0.39 is 27.8 Å². The fraction of sp³-hybridized carbons (Fsp3) is 0.412. The fourth-order valence-electron chi connectivity index (χ4n) is 3.62. The van der Waals surface area contributed by atoms with Crippen LogP contribution in [-0.4, -0.2) is 39.1 Å². The molecule has 0 spiro atoms. The quantitative estimate of drug-likeness (QED) is 0.372. The van der Waals surface area contributed by atoms with Gasteiger partial charge >= 0.3 is 0 Å². The third kappa shape index (κ3) is 2.80. The molecular formula is C17H18N4O5. The van der Waals surface area contributed by atoms with Crippen molar-refractivity contribution >= 4 is 28.7 Å². The molecule has 1 fully saturated rings. The Balaban J connectivity index is 2.12. The van der Waals surface area contributed by atoms with Crippen LogP contribution in [0.3, 0.4) is 0 Å². The van der Waals surface area contributed by atoms with Crippen molar-refractivity contribution in [1.82, 2.24) is 14.9 Å². The molecule has 2 atom stereocenters. The molecule has 2 aromatic rings. The molecule has 3 rings (SSSR count). The minimum Gasteiger partial charge on any atom is -0.305 e. The van der Waals surface area contributed by atoms with Gasteiger partial charge in [0.25, 0.3) is 11.2 Å². The number of nitrogens with zero attached hydrogens (tertiary/aromatic N) is 3. The van der Waals surface area contributed by atoms with E-state index in [1.807, 2.05) is 6.92 Å². The van der Waals surface area contributed by atoms with Crippen LogP contribution < -0.4 is 10.9 Å². The second-order valence-electron chi connectivity index (χ2n) is 6.72. The lowest BCUT2D eigenvalue weighted by Gasteiger charge is -2.39. The largest absolute Gasteiger partial charge is 0.305 e. The number of ketones is 1.